The van der Waals surface area contributed by atoms with Crippen molar-refractivity contribution in [3.05, 3.63) is 21.4 Å². The Hall–Kier alpha value is -0.380. The number of nitrogens with two attached hydrogens (primary N) is 1. The third-order valence-corrected chi connectivity index (χ3v) is 4.50. The van der Waals surface area contributed by atoms with Crippen LogP contribution in [0.25, 0.3) is 0 Å². The molecule has 84 valence electrons. The van der Waals surface area contributed by atoms with Crippen molar-refractivity contribution in [3.8, 4) is 0 Å². The monoisotopic (exact) mass is 225 g/mol. The minimum absolute atomic E-state index is 0.0266. The Labute approximate surface area is 95.4 Å². The first-order valence-electron chi connectivity index (χ1n) is 5.49. The lowest BCUT2D eigenvalue weighted by Crippen LogP contribution is -2.37. The van der Waals surface area contributed by atoms with Gasteiger partial charge in [0.1, 0.15) is 0 Å². The normalized spacial score (nSPS) is 28.3. The van der Waals surface area contributed by atoms with Crippen LogP contribution >= 0.6 is 11.3 Å². The van der Waals surface area contributed by atoms with Crippen LogP contribution in [0.1, 0.15) is 41.1 Å². The Balaban J connectivity index is 2.27. The number of aryl methyl sites for hydroxylation is 2. The Bertz CT molecular complexity index is 353. The van der Waals surface area contributed by atoms with Gasteiger partial charge in [0.15, 0.2) is 0 Å². The van der Waals surface area contributed by atoms with Gasteiger partial charge in [-0.1, -0.05) is 0 Å². The lowest BCUT2D eigenvalue weighted by atomic mass is 9.91. The van der Waals surface area contributed by atoms with E-state index >= 15 is 0 Å². The molecule has 1 aromatic heterocycles. The van der Waals surface area contributed by atoms with E-state index in [1.807, 2.05) is 0 Å². The van der Waals surface area contributed by atoms with Gasteiger partial charge in [-0.2, -0.15) is 0 Å². The van der Waals surface area contributed by atoms with Crippen LogP contribution < -0.4 is 5.73 Å². The van der Waals surface area contributed by atoms with Crippen molar-refractivity contribution in [1.29, 1.82) is 0 Å². The number of hydrogen-bond acceptors (Lipinski definition) is 3. The lowest BCUT2D eigenvalue weighted by Gasteiger charge is -2.30. The highest BCUT2D eigenvalue weighted by Crippen LogP contribution is 2.39. The van der Waals surface area contributed by atoms with Crippen LogP contribution in [0, 0.1) is 13.8 Å². The molecule has 2 N–H and O–H groups in total. The van der Waals surface area contributed by atoms with Crippen LogP contribution in [0.5, 0.6) is 0 Å². The summed E-state index contributed by atoms with van der Waals surface area (Å²) in [5.41, 5.74) is 7.49. The Morgan fingerprint density at radius 1 is 1.53 bits per heavy atom. The summed E-state index contributed by atoms with van der Waals surface area (Å²) in [5.74, 6) is 0. The zero-order chi connectivity index (χ0) is 11.1. The van der Waals surface area contributed by atoms with Gasteiger partial charge in [-0.15, -0.1) is 11.3 Å². The van der Waals surface area contributed by atoms with Crippen LogP contribution in [0.3, 0.4) is 0 Å². The Kier molecular flexibility index (Phi) is 2.88. The molecule has 1 aliphatic rings. The fourth-order valence-electron chi connectivity index (χ4n) is 2.29. The van der Waals surface area contributed by atoms with Crippen LogP contribution in [-0.2, 0) is 4.74 Å². The predicted octanol–water partition coefficient (Wildman–Crippen LogP) is 2.93. The SMILES string of the molecule is Cc1cc(C)c(C(N)C2(C)CCCO2)s1. The van der Waals surface area contributed by atoms with Gasteiger partial charge >= 0.3 is 0 Å². The summed E-state index contributed by atoms with van der Waals surface area (Å²) in [6, 6.07) is 2.23. The van der Waals surface area contributed by atoms with Crippen molar-refractivity contribution >= 4 is 11.3 Å². The number of hydrogen-bond donors (Lipinski definition) is 1. The molecule has 0 bridgehead atoms. The van der Waals surface area contributed by atoms with E-state index in [0.29, 0.717) is 0 Å². The van der Waals surface area contributed by atoms with Crippen LogP contribution in [0.2, 0.25) is 0 Å². The van der Waals surface area contributed by atoms with Crippen molar-refractivity contribution in [2.24, 2.45) is 5.73 Å². The molecule has 1 fully saturated rings. The molecule has 0 aliphatic carbocycles. The van der Waals surface area contributed by atoms with E-state index in [1.54, 1.807) is 11.3 Å². The second-order valence-corrected chi connectivity index (χ2v) is 5.93. The van der Waals surface area contributed by atoms with Gasteiger partial charge in [0.05, 0.1) is 11.6 Å². The second-order valence-electron chi connectivity index (χ2n) is 4.65. The molecule has 0 spiro atoms. The fourth-order valence-corrected chi connectivity index (χ4v) is 3.47. The molecule has 0 amide bonds. The Morgan fingerprint density at radius 2 is 2.27 bits per heavy atom. The minimum Gasteiger partial charge on any atom is -0.373 e. The molecule has 0 aromatic carbocycles. The molecular weight excluding hydrogens is 206 g/mol. The van der Waals surface area contributed by atoms with E-state index in [0.717, 1.165) is 19.4 Å². The van der Waals surface area contributed by atoms with Crippen molar-refractivity contribution in [1.82, 2.24) is 0 Å². The summed E-state index contributed by atoms with van der Waals surface area (Å²) < 4.78 is 5.80. The maximum atomic E-state index is 6.33. The van der Waals surface area contributed by atoms with Crippen molar-refractivity contribution in [3.63, 3.8) is 0 Å². The first-order valence-corrected chi connectivity index (χ1v) is 6.31. The highest BCUT2D eigenvalue weighted by Gasteiger charge is 2.38. The maximum absolute atomic E-state index is 6.33. The molecule has 1 saturated heterocycles. The van der Waals surface area contributed by atoms with E-state index < -0.39 is 0 Å². The average molecular weight is 225 g/mol. The number of ether oxygens (including phenoxy) is 1. The van der Waals surface area contributed by atoms with E-state index in [-0.39, 0.29) is 11.6 Å². The molecule has 2 rings (SSSR count). The first kappa shape index (κ1) is 11.1. The predicted molar refractivity (Wildman–Crippen MR) is 64.3 cm³/mol. The first-order chi connectivity index (χ1) is 7.03. The summed E-state index contributed by atoms with van der Waals surface area (Å²) in [5, 5.41) is 0. The highest BCUT2D eigenvalue weighted by atomic mass is 32.1. The standard InChI is InChI=1S/C12H19NOS/c1-8-7-9(2)15-10(8)11(13)12(3)5-4-6-14-12/h7,11H,4-6,13H2,1-3H3. The summed E-state index contributed by atoms with van der Waals surface area (Å²) in [4.78, 5) is 2.62. The van der Waals surface area contributed by atoms with E-state index in [1.165, 1.54) is 15.3 Å². The van der Waals surface area contributed by atoms with Gasteiger partial charge in [-0.3, -0.25) is 0 Å². The third kappa shape index (κ3) is 1.96. The molecule has 2 nitrogen and oxygen atoms in total. The van der Waals surface area contributed by atoms with Gasteiger partial charge in [-0.25, -0.2) is 0 Å². The van der Waals surface area contributed by atoms with E-state index in [2.05, 4.69) is 26.8 Å². The van der Waals surface area contributed by atoms with Gasteiger partial charge < -0.3 is 10.5 Å². The lowest BCUT2D eigenvalue weighted by molar-refractivity contribution is -0.00100. The summed E-state index contributed by atoms with van der Waals surface area (Å²) in [7, 11) is 0. The maximum Gasteiger partial charge on any atom is 0.0855 e. The fraction of sp³-hybridized carbons (Fsp3) is 0.667. The zero-order valence-electron chi connectivity index (χ0n) is 9.67. The van der Waals surface area contributed by atoms with Crippen LogP contribution in [0.15, 0.2) is 6.07 Å². The van der Waals surface area contributed by atoms with Crippen molar-refractivity contribution in [2.45, 2.75) is 45.3 Å². The smallest absolute Gasteiger partial charge is 0.0855 e. The Morgan fingerprint density at radius 3 is 2.73 bits per heavy atom. The zero-order valence-corrected chi connectivity index (χ0v) is 10.5. The molecule has 2 heterocycles. The van der Waals surface area contributed by atoms with Crippen LogP contribution in [-0.4, -0.2) is 12.2 Å². The molecule has 15 heavy (non-hydrogen) atoms. The third-order valence-electron chi connectivity index (χ3n) is 3.27. The second kappa shape index (κ2) is 3.89. The summed E-state index contributed by atoms with van der Waals surface area (Å²) in [6.07, 6.45) is 2.21. The highest BCUT2D eigenvalue weighted by molar-refractivity contribution is 7.12. The topological polar surface area (TPSA) is 35.2 Å². The summed E-state index contributed by atoms with van der Waals surface area (Å²) in [6.45, 7) is 7.26. The molecule has 1 aliphatic heterocycles. The molecule has 0 radical (unpaired) electrons. The molecule has 2 unspecified atom stereocenters. The quantitative estimate of drug-likeness (QED) is 0.840. The molecule has 3 heteroatoms. The average Bonchev–Trinajstić information content (AvgIpc) is 2.73. The molecular formula is C12H19NOS. The van der Waals surface area contributed by atoms with E-state index in [9.17, 15) is 0 Å². The van der Waals surface area contributed by atoms with E-state index in [4.69, 9.17) is 10.5 Å². The number of rotatable bonds is 2. The number of thiophene rings is 1. The van der Waals surface area contributed by atoms with Gasteiger partial charge in [-0.05, 0) is 45.2 Å². The summed E-state index contributed by atoms with van der Waals surface area (Å²) >= 11 is 1.80. The van der Waals surface area contributed by atoms with Gasteiger partial charge in [0.2, 0.25) is 0 Å². The van der Waals surface area contributed by atoms with Crippen LogP contribution in [0.4, 0.5) is 0 Å². The molecule has 1 aromatic rings. The molecule has 2 atom stereocenters. The van der Waals surface area contributed by atoms with Gasteiger partial charge in [0, 0.05) is 16.4 Å². The molecule has 0 saturated carbocycles. The largest absolute Gasteiger partial charge is 0.373 e. The minimum atomic E-state index is -0.151. The van der Waals surface area contributed by atoms with Crippen molar-refractivity contribution in [2.75, 3.05) is 6.61 Å². The van der Waals surface area contributed by atoms with Crippen molar-refractivity contribution < 1.29 is 4.74 Å². The van der Waals surface area contributed by atoms with Gasteiger partial charge in [0.25, 0.3) is 0 Å².